The van der Waals surface area contributed by atoms with Gasteiger partial charge in [0.15, 0.2) is 11.9 Å². The number of anilines is 1. The molecule has 3 aliphatic heterocycles. The van der Waals surface area contributed by atoms with Crippen molar-refractivity contribution in [1.29, 1.82) is 0 Å². The first-order chi connectivity index (χ1) is 16.3. The molecule has 0 bridgehead atoms. The smallest absolute Gasteiger partial charge is 0.335 e. The highest BCUT2D eigenvalue weighted by Crippen LogP contribution is 2.31. The summed E-state index contributed by atoms with van der Waals surface area (Å²) in [4.78, 5) is 18.1. The number of hydrazone groups is 1. The zero-order valence-corrected chi connectivity index (χ0v) is 18.3. The predicted octanol–water partition coefficient (Wildman–Crippen LogP) is 0.143. The minimum absolute atomic E-state index is 0.260. The average molecular weight is 489 g/mol. The number of fused-ring (bicyclic) bond motifs is 3. The highest BCUT2D eigenvalue weighted by atomic mass is 35.5. The number of aliphatic imine (C=N–C) groups is 1. The molecule has 1 saturated heterocycles. The van der Waals surface area contributed by atoms with Crippen LogP contribution in [0.25, 0.3) is 0 Å². The summed E-state index contributed by atoms with van der Waals surface area (Å²) in [7, 11) is 0. The number of hydrogen-bond donors (Lipinski definition) is 5. The van der Waals surface area contributed by atoms with Gasteiger partial charge in [0.2, 0.25) is 6.29 Å². The van der Waals surface area contributed by atoms with Gasteiger partial charge in [-0.15, -0.1) is 0 Å². The second-order valence-electron chi connectivity index (χ2n) is 7.98. The van der Waals surface area contributed by atoms with Gasteiger partial charge in [-0.1, -0.05) is 11.6 Å². The Kier molecular flexibility index (Phi) is 5.88. The maximum atomic E-state index is 11.3. The molecule has 3 aliphatic rings. The van der Waals surface area contributed by atoms with Crippen molar-refractivity contribution in [2.24, 2.45) is 10.1 Å². The molecular weight excluding hydrogens is 468 g/mol. The Balaban J connectivity index is 1.40. The Morgan fingerprint density at radius 1 is 1.12 bits per heavy atom. The topological polar surface area (TPSA) is 156 Å². The van der Waals surface area contributed by atoms with Crippen molar-refractivity contribution >= 4 is 34.8 Å². The molecule has 2 aromatic rings. The largest absolute Gasteiger partial charge is 0.479 e. The van der Waals surface area contributed by atoms with Gasteiger partial charge in [-0.25, -0.2) is 4.79 Å². The van der Waals surface area contributed by atoms with Gasteiger partial charge in [-0.3, -0.25) is 10.4 Å². The number of ether oxygens (including phenoxy) is 2. The molecule has 0 amide bonds. The normalized spacial score (nSPS) is 28.1. The van der Waals surface area contributed by atoms with Gasteiger partial charge in [0.25, 0.3) is 0 Å². The summed E-state index contributed by atoms with van der Waals surface area (Å²) in [6.45, 7) is 0.896. The van der Waals surface area contributed by atoms with Crippen molar-refractivity contribution in [1.82, 2.24) is 5.43 Å². The van der Waals surface area contributed by atoms with Crippen LogP contribution in [0.4, 0.5) is 5.69 Å². The SMILES string of the molecule is O=C(O)[C@H]1O[C@@H](Oc2ccc(C3=NCC4=NNCN4c4ccc(Cl)cc43)cc2)[C@H](O)[C@@H](O)[C@@H]1O. The maximum Gasteiger partial charge on any atom is 0.335 e. The average Bonchev–Trinajstić information content (AvgIpc) is 3.23. The third-order valence-electron chi connectivity index (χ3n) is 5.82. The summed E-state index contributed by atoms with van der Waals surface area (Å²) in [5.74, 6) is -0.433. The van der Waals surface area contributed by atoms with Crippen molar-refractivity contribution < 1.29 is 34.7 Å². The van der Waals surface area contributed by atoms with E-state index < -0.39 is 36.7 Å². The number of halogens is 1. The van der Waals surface area contributed by atoms with Crippen molar-refractivity contribution in [2.45, 2.75) is 30.7 Å². The highest BCUT2D eigenvalue weighted by Gasteiger charge is 2.48. The Bertz CT molecular complexity index is 1170. The fourth-order valence-electron chi connectivity index (χ4n) is 4.08. The van der Waals surface area contributed by atoms with Crippen molar-refractivity contribution in [3.05, 3.63) is 58.6 Å². The number of carbonyl (C=O) groups is 1. The van der Waals surface area contributed by atoms with E-state index in [1.165, 1.54) is 0 Å². The molecule has 0 unspecified atom stereocenters. The maximum absolute atomic E-state index is 11.3. The molecule has 5 atom stereocenters. The number of amidine groups is 1. The number of aliphatic carboxylic acids is 1. The minimum atomic E-state index is -1.79. The summed E-state index contributed by atoms with van der Waals surface area (Å²) in [5.41, 5.74) is 6.19. The zero-order chi connectivity index (χ0) is 24.0. The monoisotopic (exact) mass is 488 g/mol. The summed E-state index contributed by atoms with van der Waals surface area (Å²) < 4.78 is 10.7. The summed E-state index contributed by atoms with van der Waals surface area (Å²) in [6, 6.07) is 12.3. The van der Waals surface area contributed by atoms with Gasteiger partial charge in [-0.05, 0) is 42.5 Å². The molecule has 0 radical (unpaired) electrons. The number of rotatable bonds is 4. The number of hydrogen-bond acceptors (Lipinski definition) is 10. The Labute approximate surface area is 198 Å². The molecule has 12 heteroatoms. The standard InChI is InChI=1S/C22H21ClN4O7/c23-11-3-6-14-13(7-11)16(24-8-15-26-25-9-27(14)15)10-1-4-12(5-2-10)33-22-19(30)17(28)18(29)20(34-22)21(31)32/h1-7,17-20,22,25,28-30H,8-9H2,(H,31,32)/t17-,18-,19+,20-,22+/m0/s1. The van der Waals surface area contributed by atoms with Crippen LogP contribution in [0.1, 0.15) is 11.1 Å². The molecule has 34 heavy (non-hydrogen) atoms. The number of benzene rings is 2. The highest BCUT2D eigenvalue weighted by molar-refractivity contribution is 6.32. The van der Waals surface area contributed by atoms with Crippen LogP contribution in [0.5, 0.6) is 5.75 Å². The van der Waals surface area contributed by atoms with Crippen LogP contribution >= 0.6 is 11.6 Å². The van der Waals surface area contributed by atoms with Gasteiger partial charge in [0.1, 0.15) is 30.7 Å². The quantitative estimate of drug-likeness (QED) is 0.404. The van der Waals surface area contributed by atoms with Crippen LogP contribution in [0.15, 0.2) is 52.6 Å². The van der Waals surface area contributed by atoms with Crippen molar-refractivity contribution in [2.75, 3.05) is 18.1 Å². The van der Waals surface area contributed by atoms with E-state index in [-0.39, 0.29) is 5.75 Å². The first kappa shape index (κ1) is 22.6. The number of nitrogens with zero attached hydrogens (tertiary/aromatic N) is 3. The van der Waals surface area contributed by atoms with Crippen molar-refractivity contribution in [3.8, 4) is 5.75 Å². The fourth-order valence-corrected chi connectivity index (χ4v) is 4.26. The van der Waals surface area contributed by atoms with E-state index in [1.54, 1.807) is 30.3 Å². The molecule has 0 aromatic heterocycles. The lowest BCUT2D eigenvalue weighted by molar-refractivity contribution is -0.271. The molecule has 0 aliphatic carbocycles. The number of carboxylic acids is 1. The lowest BCUT2D eigenvalue weighted by Gasteiger charge is -2.38. The van der Waals surface area contributed by atoms with E-state index in [1.807, 2.05) is 17.0 Å². The first-order valence-electron chi connectivity index (χ1n) is 10.4. The van der Waals surface area contributed by atoms with Gasteiger partial charge in [0.05, 0.1) is 17.9 Å². The van der Waals surface area contributed by atoms with Gasteiger partial charge in [-0.2, -0.15) is 5.10 Å². The van der Waals surface area contributed by atoms with Crippen LogP contribution in [0.3, 0.4) is 0 Å². The van der Waals surface area contributed by atoms with E-state index in [9.17, 15) is 25.2 Å². The summed E-state index contributed by atoms with van der Waals surface area (Å²) in [6.07, 6.45) is -8.40. The van der Waals surface area contributed by atoms with Gasteiger partial charge in [0, 0.05) is 16.1 Å². The molecule has 3 heterocycles. The van der Waals surface area contributed by atoms with E-state index in [0.29, 0.717) is 23.9 Å². The minimum Gasteiger partial charge on any atom is -0.479 e. The second-order valence-corrected chi connectivity index (χ2v) is 8.41. The fraction of sp³-hybridized carbons (Fsp3) is 0.318. The lowest BCUT2D eigenvalue weighted by atomic mass is 9.99. The molecule has 0 spiro atoms. The Hall–Kier alpha value is -3.22. The van der Waals surface area contributed by atoms with E-state index in [0.717, 1.165) is 22.6 Å². The van der Waals surface area contributed by atoms with E-state index in [2.05, 4.69) is 10.5 Å². The number of carboxylic acid groups (broad SMARTS) is 1. The molecular formula is C22H21ClN4O7. The summed E-state index contributed by atoms with van der Waals surface area (Å²) >= 11 is 6.27. The molecule has 1 fully saturated rings. The molecule has 2 aromatic carbocycles. The second kappa shape index (κ2) is 8.85. The lowest BCUT2D eigenvalue weighted by Crippen LogP contribution is -2.61. The number of nitrogens with one attached hydrogen (secondary N) is 1. The molecule has 11 nitrogen and oxygen atoms in total. The Morgan fingerprint density at radius 3 is 2.62 bits per heavy atom. The van der Waals surface area contributed by atoms with E-state index in [4.69, 9.17) is 26.1 Å². The van der Waals surface area contributed by atoms with Crippen LogP contribution in [-0.4, -0.2) is 81.9 Å². The number of aliphatic hydroxyl groups is 3. The molecule has 5 rings (SSSR count). The van der Waals surface area contributed by atoms with Gasteiger partial charge >= 0.3 is 5.97 Å². The van der Waals surface area contributed by atoms with Crippen LogP contribution < -0.4 is 15.1 Å². The molecule has 5 N–H and O–H groups in total. The summed E-state index contributed by atoms with van der Waals surface area (Å²) in [5, 5.41) is 44.0. The zero-order valence-electron chi connectivity index (χ0n) is 17.6. The third-order valence-corrected chi connectivity index (χ3v) is 6.06. The van der Waals surface area contributed by atoms with Crippen molar-refractivity contribution in [3.63, 3.8) is 0 Å². The van der Waals surface area contributed by atoms with E-state index >= 15 is 0 Å². The van der Waals surface area contributed by atoms with Crippen LogP contribution in [-0.2, 0) is 9.53 Å². The Morgan fingerprint density at radius 2 is 1.88 bits per heavy atom. The van der Waals surface area contributed by atoms with Crippen LogP contribution in [0, 0.1) is 0 Å². The predicted molar refractivity (Wildman–Crippen MR) is 121 cm³/mol. The first-order valence-corrected chi connectivity index (χ1v) is 10.8. The molecule has 0 saturated carbocycles. The number of aliphatic hydroxyl groups excluding tert-OH is 3. The van der Waals surface area contributed by atoms with Gasteiger partial charge < -0.3 is 34.8 Å². The third kappa shape index (κ3) is 3.97. The molecule has 178 valence electrons. The van der Waals surface area contributed by atoms with Crippen LogP contribution in [0.2, 0.25) is 5.02 Å².